The second-order valence-electron chi connectivity index (χ2n) is 7.13. The standard InChI is InChI=1S/C19H25NO3S2/c1-5-16-10-11-18(24-16)25(21,22)20-12-17(23-13-19(20,3)4)15-8-6-14(2)7-9-15/h6-11,17H,5,12-13H2,1-4H3. The average Bonchev–Trinajstić information content (AvgIpc) is 3.05. The molecule has 0 aliphatic carbocycles. The summed E-state index contributed by atoms with van der Waals surface area (Å²) in [5, 5.41) is 0. The lowest BCUT2D eigenvalue weighted by Gasteiger charge is -2.44. The summed E-state index contributed by atoms with van der Waals surface area (Å²) in [5.74, 6) is 0. The van der Waals surface area contributed by atoms with Crippen molar-refractivity contribution in [1.82, 2.24) is 4.31 Å². The fourth-order valence-electron chi connectivity index (χ4n) is 3.03. The normalized spacial score (nSPS) is 21.4. The van der Waals surface area contributed by atoms with Crippen LogP contribution in [0, 0.1) is 6.92 Å². The van der Waals surface area contributed by atoms with E-state index < -0.39 is 15.6 Å². The van der Waals surface area contributed by atoms with Gasteiger partial charge in [-0.25, -0.2) is 8.42 Å². The van der Waals surface area contributed by atoms with Gasteiger partial charge < -0.3 is 4.74 Å². The molecule has 1 aliphatic rings. The molecule has 136 valence electrons. The Kier molecular flexibility index (Phi) is 5.08. The van der Waals surface area contributed by atoms with Gasteiger partial charge in [-0.3, -0.25) is 0 Å². The molecule has 6 heteroatoms. The lowest BCUT2D eigenvalue weighted by Crippen LogP contribution is -2.55. The Morgan fingerprint density at radius 2 is 1.88 bits per heavy atom. The van der Waals surface area contributed by atoms with E-state index in [1.54, 1.807) is 10.4 Å². The zero-order valence-electron chi connectivity index (χ0n) is 15.2. The third-order valence-electron chi connectivity index (χ3n) is 4.62. The molecule has 0 radical (unpaired) electrons. The zero-order valence-corrected chi connectivity index (χ0v) is 16.8. The number of benzene rings is 1. The number of morpholine rings is 1. The minimum Gasteiger partial charge on any atom is -0.370 e. The van der Waals surface area contributed by atoms with Crippen LogP contribution in [0.1, 0.15) is 42.9 Å². The number of hydrogen-bond acceptors (Lipinski definition) is 4. The van der Waals surface area contributed by atoms with Crippen LogP contribution in [-0.4, -0.2) is 31.4 Å². The highest BCUT2D eigenvalue weighted by Crippen LogP contribution is 2.36. The van der Waals surface area contributed by atoms with Crippen molar-refractivity contribution >= 4 is 21.4 Å². The number of ether oxygens (including phenoxy) is 1. The van der Waals surface area contributed by atoms with Gasteiger partial charge >= 0.3 is 0 Å². The second kappa shape index (κ2) is 6.83. The molecular formula is C19H25NO3S2. The summed E-state index contributed by atoms with van der Waals surface area (Å²) in [6.45, 7) is 8.62. The number of nitrogens with zero attached hydrogens (tertiary/aromatic N) is 1. The Balaban J connectivity index is 1.92. The predicted molar refractivity (Wildman–Crippen MR) is 102 cm³/mol. The SMILES string of the molecule is CCc1ccc(S(=O)(=O)N2CC(c3ccc(C)cc3)OCC2(C)C)s1. The van der Waals surface area contributed by atoms with Crippen molar-refractivity contribution in [1.29, 1.82) is 0 Å². The van der Waals surface area contributed by atoms with E-state index in [0.29, 0.717) is 17.4 Å². The van der Waals surface area contributed by atoms with Crippen LogP contribution in [0.25, 0.3) is 0 Å². The molecule has 4 nitrogen and oxygen atoms in total. The first-order valence-electron chi connectivity index (χ1n) is 8.54. The maximum absolute atomic E-state index is 13.2. The van der Waals surface area contributed by atoms with E-state index in [1.807, 2.05) is 58.0 Å². The first-order valence-corrected chi connectivity index (χ1v) is 10.8. The van der Waals surface area contributed by atoms with Crippen molar-refractivity contribution in [2.75, 3.05) is 13.2 Å². The molecule has 3 rings (SSSR count). The summed E-state index contributed by atoms with van der Waals surface area (Å²) >= 11 is 1.36. The highest BCUT2D eigenvalue weighted by Gasteiger charge is 2.43. The van der Waals surface area contributed by atoms with Crippen LogP contribution in [0.2, 0.25) is 0 Å². The van der Waals surface area contributed by atoms with Gasteiger partial charge in [-0.05, 0) is 44.9 Å². The van der Waals surface area contributed by atoms with E-state index in [9.17, 15) is 8.42 Å². The summed E-state index contributed by atoms with van der Waals surface area (Å²) in [4.78, 5) is 1.08. The average molecular weight is 380 g/mol. The number of thiophene rings is 1. The lowest BCUT2D eigenvalue weighted by molar-refractivity contribution is -0.0654. The van der Waals surface area contributed by atoms with E-state index in [0.717, 1.165) is 16.9 Å². The Morgan fingerprint density at radius 1 is 1.20 bits per heavy atom. The van der Waals surface area contributed by atoms with Gasteiger partial charge in [0.2, 0.25) is 0 Å². The number of rotatable bonds is 4. The van der Waals surface area contributed by atoms with E-state index in [1.165, 1.54) is 16.9 Å². The zero-order chi connectivity index (χ0) is 18.2. The lowest BCUT2D eigenvalue weighted by atomic mass is 10.0. The minimum absolute atomic E-state index is 0.242. The molecule has 1 saturated heterocycles. The molecule has 2 heterocycles. The smallest absolute Gasteiger partial charge is 0.253 e. The van der Waals surface area contributed by atoms with Gasteiger partial charge in [-0.15, -0.1) is 11.3 Å². The molecular weight excluding hydrogens is 354 g/mol. The van der Waals surface area contributed by atoms with Gasteiger partial charge in [0.15, 0.2) is 0 Å². The molecule has 1 aromatic carbocycles. The second-order valence-corrected chi connectivity index (χ2v) is 10.4. The Bertz CT molecular complexity index is 838. The van der Waals surface area contributed by atoms with Crippen LogP contribution in [0.15, 0.2) is 40.6 Å². The van der Waals surface area contributed by atoms with Gasteiger partial charge in [0.25, 0.3) is 10.0 Å². The summed E-state index contributed by atoms with van der Waals surface area (Å²) < 4.78 is 34.5. The monoisotopic (exact) mass is 379 g/mol. The van der Waals surface area contributed by atoms with Gasteiger partial charge in [0.1, 0.15) is 4.21 Å². The molecule has 25 heavy (non-hydrogen) atoms. The van der Waals surface area contributed by atoms with Crippen molar-refractivity contribution < 1.29 is 13.2 Å². The van der Waals surface area contributed by atoms with E-state index >= 15 is 0 Å². The molecule has 0 N–H and O–H groups in total. The van der Waals surface area contributed by atoms with Crippen molar-refractivity contribution in [3.63, 3.8) is 0 Å². The summed E-state index contributed by atoms with van der Waals surface area (Å²) in [7, 11) is -3.54. The molecule has 1 aromatic heterocycles. The topological polar surface area (TPSA) is 46.6 Å². The van der Waals surface area contributed by atoms with E-state index in [2.05, 4.69) is 0 Å². The van der Waals surface area contributed by atoms with Crippen molar-refractivity contribution in [2.45, 2.75) is 50.0 Å². The maximum Gasteiger partial charge on any atom is 0.253 e. The highest BCUT2D eigenvalue weighted by atomic mass is 32.2. The third kappa shape index (κ3) is 3.67. The van der Waals surface area contributed by atoms with Crippen LogP contribution in [0.3, 0.4) is 0 Å². The summed E-state index contributed by atoms with van der Waals surface area (Å²) in [6, 6.07) is 11.7. The Labute approximate surface area is 154 Å². The number of sulfonamides is 1. The Hall–Kier alpha value is -1.21. The van der Waals surface area contributed by atoms with Crippen LogP contribution in [0.5, 0.6) is 0 Å². The van der Waals surface area contributed by atoms with Crippen molar-refractivity contribution in [3.8, 4) is 0 Å². The summed E-state index contributed by atoms with van der Waals surface area (Å²) in [6.07, 6.45) is 0.604. The van der Waals surface area contributed by atoms with Crippen LogP contribution < -0.4 is 0 Å². The molecule has 1 fully saturated rings. The van der Waals surface area contributed by atoms with E-state index in [-0.39, 0.29) is 6.10 Å². The maximum atomic E-state index is 13.2. The summed E-state index contributed by atoms with van der Waals surface area (Å²) in [5.41, 5.74) is 1.62. The van der Waals surface area contributed by atoms with Crippen LogP contribution in [0.4, 0.5) is 0 Å². The van der Waals surface area contributed by atoms with Gasteiger partial charge in [0.05, 0.1) is 18.2 Å². The fraction of sp³-hybridized carbons (Fsp3) is 0.474. The molecule has 1 unspecified atom stereocenters. The molecule has 0 amide bonds. The molecule has 1 aliphatic heterocycles. The van der Waals surface area contributed by atoms with E-state index in [4.69, 9.17) is 4.74 Å². The quantitative estimate of drug-likeness (QED) is 0.801. The third-order valence-corrected chi connectivity index (χ3v) is 8.40. The molecule has 0 saturated carbocycles. The molecule has 0 bridgehead atoms. The molecule has 1 atom stereocenters. The highest BCUT2D eigenvalue weighted by molar-refractivity contribution is 7.91. The first-order chi connectivity index (χ1) is 11.7. The molecule has 2 aromatic rings. The van der Waals surface area contributed by atoms with Crippen LogP contribution in [-0.2, 0) is 21.2 Å². The van der Waals surface area contributed by atoms with Crippen LogP contribution >= 0.6 is 11.3 Å². The largest absolute Gasteiger partial charge is 0.370 e. The molecule has 0 spiro atoms. The Morgan fingerprint density at radius 3 is 2.48 bits per heavy atom. The minimum atomic E-state index is -3.54. The van der Waals surface area contributed by atoms with Crippen molar-refractivity contribution in [2.24, 2.45) is 0 Å². The van der Waals surface area contributed by atoms with Gasteiger partial charge in [-0.2, -0.15) is 4.31 Å². The predicted octanol–water partition coefficient (Wildman–Crippen LogP) is 4.16. The first kappa shape index (κ1) is 18.6. The van der Waals surface area contributed by atoms with Gasteiger partial charge in [0, 0.05) is 11.4 Å². The number of hydrogen-bond donors (Lipinski definition) is 0. The number of aryl methyl sites for hydroxylation is 2. The van der Waals surface area contributed by atoms with Crippen molar-refractivity contribution in [3.05, 3.63) is 52.4 Å². The van der Waals surface area contributed by atoms with Gasteiger partial charge in [-0.1, -0.05) is 36.8 Å². The fourth-order valence-corrected chi connectivity index (χ4v) is 6.21.